The highest BCUT2D eigenvalue weighted by Gasteiger charge is 2.42. The van der Waals surface area contributed by atoms with Crippen LogP contribution in [0.2, 0.25) is 0 Å². The normalized spacial score (nSPS) is 23.6. The quantitative estimate of drug-likeness (QED) is 0.416. The fraction of sp³-hybridized carbons (Fsp3) is 0.480. The molecule has 184 valence electrons. The van der Waals surface area contributed by atoms with E-state index in [0.29, 0.717) is 12.3 Å². The van der Waals surface area contributed by atoms with E-state index in [-0.39, 0.29) is 0 Å². The molecule has 0 aliphatic carbocycles. The Morgan fingerprint density at radius 1 is 0.912 bits per heavy atom. The molecule has 1 aromatic carbocycles. The summed E-state index contributed by atoms with van der Waals surface area (Å²) < 4.78 is 21.7. The highest BCUT2D eigenvalue weighted by Crippen LogP contribution is 2.25. The van der Waals surface area contributed by atoms with E-state index in [9.17, 15) is 14.4 Å². The molecule has 0 aromatic heterocycles. The monoisotopic (exact) mass is 472 g/mol. The van der Waals surface area contributed by atoms with Gasteiger partial charge in [-0.1, -0.05) is 42.5 Å². The van der Waals surface area contributed by atoms with Crippen LogP contribution in [0.5, 0.6) is 0 Å². The summed E-state index contributed by atoms with van der Waals surface area (Å²) in [6.07, 6.45) is 2.71. The zero-order chi connectivity index (χ0) is 24.5. The summed E-state index contributed by atoms with van der Waals surface area (Å²) in [4.78, 5) is 39.4. The van der Waals surface area contributed by atoms with E-state index >= 15 is 0 Å². The lowest BCUT2D eigenvalue weighted by molar-refractivity contribution is -0.222. The molecular formula is C25H32N2O7. The van der Waals surface area contributed by atoms with Gasteiger partial charge in [-0.2, -0.15) is 0 Å². The van der Waals surface area contributed by atoms with E-state index in [1.54, 1.807) is 6.08 Å². The van der Waals surface area contributed by atoms with Crippen LogP contribution in [0.15, 0.2) is 48.2 Å². The SMILES string of the molecule is CC(=O)O[C@@H]1OC(CN2CCN(C/C=C/c3ccccc3)CC2)=C[C@H](OC(C)=O)[C@H]1OC(C)=O. The Morgan fingerprint density at radius 3 is 2.15 bits per heavy atom. The number of carbonyl (C=O) groups excluding carboxylic acids is 3. The molecule has 2 heterocycles. The van der Waals surface area contributed by atoms with Gasteiger partial charge >= 0.3 is 17.9 Å². The summed E-state index contributed by atoms with van der Waals surface area (Å²) in [6.45, 7) is 8.48. The molecule has 1 fully saturated rings. The van der Waals surface area contributed by atoms with E-state index in [1.807, 2.05) is 18.2 Å². The van der Waals surface area contributed by atoms with Crippen LogP contribution in [0.4, 0.5) is 0 Å². The van der Waals surface area contributed by atoms with Gasteiger partial charge in [-0.3, -0.25) is 24.2 Å². The van der Waals surface area contributed by atoms with Gasteiger partial charge < -0.3 is 18.9 Å². The van der Waals surface area contributed by atoms with Gasteiger partial charge in [0, 0.05) is 53.5 Å². The average molecular weight is 473 g/mol. The summed E-state index contributed by atoms with van der Waals surface area (Å²) in [5.41, 5.74) is 1.18. The van der Waals surface area contributed by atoms with Gasteiger partial charge in [-0.05, 0) is 11.6 Å². The van der Waals surface area contributed by atoms with E-state index in [2.05, 4.69) is 34.1 Å². The van der Waals surface area contributed by atoms with Crippen LogP contribution in [-0.4, -0.2) is 85.5 Å². The lowest BCUT2D eigenvalue weighted by atomic mass is 10.1. The van der Waals surface area contributed by atoms with Crippen LogP contribution in [0.25, 0.3) is 6.08 Å². The molecule has 0 radical (unpaired) electrons. The average Bonchev–Trinajstić information content (AvgIpc) is 2.77. The maximum atomic E-state index is 11.6. The van der Waals surface area contributed by atoms with Crippen LogP contribution >= 0.6 is 0 Å². The topological polar surface area (TPSA) is 94.6 Å². The van der Waals surface area contributed by atoms with E-state index in [0.717, 1.165) is 32.7 Å². The van der Waals surface area contributed by atoms with Gasteiger partial charge in [0.2, 0.25) is 6.10 Å². The Labute approximate surface area is 199 Å². The van der Waals surface area contributed by atoms with Crippen LogP contribution in [-0.2, 0) is 33.3 Å². The first kappa shape index (κ1) is 25.5. The minimum atomic E-state index is -1.20. The Kier molecular flexibility index (Phi) is 9.24. The molecule has 9 heteroatoms. The van der Waals surface area contributed by atoms with Gasteiger partial charge in [0.1, 0.15) is 5.76 Å². The molecule has 0 bridgehead atoms. The number of benzene rings is 1. The Bertz CT molecular complexity index is 907. The lowest BCUT2D eigenvalue weighted by Crippen LogP contribution is -2.51. The van der Waals surface area contributed by atoms with Gasteiger partial charge in [0.25, 0.3) is 6.29 Å². The molecule has 2 aliphatic heterocycles. The fourth-order valence-electron chi connectivity index (χ4n) is 3.89. The maximum absolute atomic E-state index is 11.6. The van der Waals surface area contributed by atoms with Crippen molar-refractivity contribution in [1.29, 1.82) is 0 Å². The molecule has 2 aliphatic rings. The first-order chi connectivity index (χ1) is 16.3. The minimum absolute atomic E-state index is 0.454. The van der Waals surface area contributed by atoms with Crippen molar-refractivity contribution in [3.8, 4) is 0 Å². The molecule has 0 spiro atoms. The number of hydrogen-bond donors (Lipinski definition) is 0. The second kappa shape index (κ2) is 12.3. The molecule has 0 N–H and O–H groups in total. The van der Waals surface area contributed by atoms with Gasteiger partial charge in [-0.25, -0.2) is 0 Å². The first-order valence-corrected chi connectivity index (χ1v) is 11.4. The molecule has 9 nitrogen and oxygen atoms in total. The molecule has 0 saturated carbocycles. The number of nitrogens with zero attached hydrogens (tertiary/aromatic N) is 2. The molecule has 3 rings (SSSR count). The largest absolute Gasteiger partial charge is 0.454 e. The maximum Gasteiger partial charge on any atom is 0.305 e. The highest BCUT2D eigenvalue weighted by atomic mass is 16.7. The third-order valence-corrected chi connectivity index (χ3v) is 5.41. The fourth-order valence-corrected chi connectivity index (χ4v) is 3.89. The van der Waals surface area contributed by atoms with Crippen molar-refractivity contribution in [3.63, 3.8) is 0 Å². The summed E-state index contributed by atoms with van der Waals surface area (Å²) in [5.74, 6) is -1.24. The Morgan fingerprint density at radius 2 is 1.53 bits per heavy atom. The van der Waals surface area contributed by atoms with E-state index in [4.69, 9.17) is 18.9 Å². The first-order valence-electron chi connectivity index (χ1n) is 11.4. The van der Waals surface area contributed by atoms with E-state index in [1.165, 1.54) is 26.3 Å². The third kappa shape index (κ3) is 8.00. The predicted molar refractivity (Wildman–Crippen MR) is 124 cm³/mol. The van der Waals surface area contributed by atoms with Gasteiger partial charge in [-0.15, -0.1) is 0 Å². The van der Waals surface area contributed by atoms with Crippen molar-refractivity contribution in [2.24, 2.45) is 0 Å². The minimum Gasteiger partial charge on any atom is -0.454 e. The van der Waals surface area contributed by atoms with Crippen molar-refractivity contribution in [2.45, 2.75) is 39.3 Å². The third-order valence-electron chi connectivity index (χ3n) is 5.41. The highest BCUT2D eigenvalue weighted by molar-refractivity contribution is 5.68. The van der Waals surface area contributed by atoms with Crippen LogP contribution in [0.3, 0.4) is 0 Å². The predicted octanol–water partition coefficient (Wildman–Crippen LogP) is 1.98. The molecule has 34 heavy (non-hydrogen) atoms. The number of esters is 3. The standard InChI is InChI=1S/C25H32N2O7/c1-18(28)31-23-16-22(34-25(33-20(3)30)24(23)32-19(2)29)17-27-14-12-26(13-15-27)11-7-10-21-8-5-4-6-9-21/h4-10,16,23-25H,11-15,17H2,1-3H3/b10-7+/t23-,24+,25+/m0/s1. The molecule has 3 atom stereocenters. The van der Waals surface area contributed by atoms with Crippen LogP contribution in [0.1, 0.15) is 26.3 Å². The number of carbonyl (C=O) groups is 3. The summed E-state index contributed by atoms with van der Waals surface area (Å²) in [7, 11) is 0. The van der Waals surface area contributed by atoms with Crippen molar-refractivity contribution in [2.75, 3.05) is 39.3 Å². The van der Waals surface area contributed by atoms with Gasteiger partial charge in [0.05, 0.1) is 6.54 Å². The van der Waals surface area contributed by atoms with Crippen molar-refractivity contribution < 1.29 is 33.3 Å². The second-order valence-electron chi connectivity index (χ2n) is 8.27. The second-order valence-corrected chi connectivity index (χ2v) is 8.27. The molecule has 1 aromatic rings. The van der Waals surface area contributed by atoms with Crippen molar-refractivity contribution >= 4 is 24.0 Å². The molecular weight excluding hydrogens is 440 g/mol. The number of ether oxygens (including phenoxy) is 4. The lowest BCUT2D eigenvalue weighted by Gasteiger charge is -2.38. The Hall–Kier alpha value is -3.17. The summed E-state index contributed by atoms with van der Waals surface area (Å²) in [5, 5.41) is 0. The molecule has 0 amide bonds. The van der Waals surface area contributed by atoms with Crippen molar-refractivity contribution in [1.82, 2.24) is 9.80 Å². The zero-order valence-electron chi connectivity index (χ0n) is 19.8. The molecule has 1 saturated heterocycles. The number of rotatable bonds is 8. The Balaban J connectivity index is 1.58. The summed E-state index contributed by atoms with van der Waals surface area (Å²) in [6, 6.07) is 10.2. The van der Waals surface area contributed by atoms with Crippen LogP contribution in [0, 0.1) is 0 Å². The summed E-state index contributed by atoms with van der Waals surface area (Å²) >= 11 is 0. The number of hydrogen-bond acceptors (Lipinski definition) is 9. The van der Waals surface area contributed by atoms with E-state index < -0.39 is 36.4 Å². The molecule has 0 unspecified atom stereocenters. The van der Waals surface area contributed by atoms with Gasteiger partial charge in [0.15, 0.2) is 6.10 Å². The van der Waals surface area contributed by atoms with Crippen LogP contribution < -0.4 is 0 Å². The van der Waals surface area contributed by atoms with Crippen molar-refractivity contribution in [3.05, 3.63) is 53.8 Å². The number of piperazine rings is 1. The smallest absolute Gasteiger partial charge is 0.305 e. The zero-order valence-corrected chi connectivity index (χ0v) is 19.8.